The third-order valence-electron chi connectivity index (χ3n) is 2.49. The number of rotatable bonds is 3. The van der Waals surface area contributed by atoms with Gasteiger partial charge in [-0.15, -0.1) is 0 Å². The van der Waals surface area contributed by atoms with E-state index in [1.165, 1.54) is 5.56 Å². The number of nitrogens with two attached hydrogens (primary N) is 1. The molecular weight excluding hydrogens is 272 g/mol. The molecule has 4 nitrogen and oxygen atoms in total. The Morgan fingerprint density at radius 2 is 2.38 bits per heavy atom. The number of amides is 1. The molecule has 2 rings (SSSR count). The summed E-state index contributed by atoms with van der Waals surface area (Å²) in [5.41, 5.74) is 7.40. The molecule has 1 heterocycles. The molecule has 0 unspecified atom stereocenters. The number of carbonyl (C=O) groups excluding carboxylic acids is 1. The summed E-state index contributed by atoms with van der Waals surface area (Å²) < 4.78 is 6.56. The first kappa shape index (κ1) is 11.4. The van der Waals surface area contributed by atoms with E-state index in [2.05, 4.69) is 27.3 Å². The second-order valence-electron chi connectivity index (χ2n) is 3.63. The lowest BCUT2D eigenvalue weighted by molar-refractivity contribution is -0.119. The molecule has 0 saturated heterocycles. The fourth-order valence-electron chi connectivity index (χ4n) is 1.74. The minimum absolute atomic E-state index is 0.0110. The summed E-state index contributed by atoms with van der Waals surface area (Å²) in [6.45, 7) is 1.18. The summed E-state index contributed by atoms with van der Waals surface area (Å²) in [5.74, 6) is 0.743. The van der Waals surface area contributed by atoms with Gasteiger partial charge < -0.3 is 15.8 Å². The number of hydrogen-bond acceptors (Lipinski definition) is 3. The van der Waals surface area contributed by atoms with Crippen LogP contribution in [-0.4, -0.2) is 19.1 Å². The first-order valence-electron chi connectivity index (χ1n) is 5.11. The average molecular weight is 285 g/mol. The van der Waals surface area contributed by atoms with Crippen molar-refractivity contribution in [2.45, 2.75) is 13.0 Å². The zero-order chi connectivity index (χ0) is 11.5. The van der Waals surface area contributed by atoms with Crippen LogP contribution in [0.4, 0.5) is 0 Å². The Morgan fingerprint density at radius 1 is 1.56 bits per heavy atom. The van der Waals surface area contributed by atoms with Crippen molar-refractivity contribution in [1.29, 1.82) is 0 Å². The monoisotopic (exact) mass is 284 g/mol. The maximum Gasteiger partial charge on any atom is 0.234 e. The summed E-state index contributed by atoms with van der Waals surface area (Å²) >= 11 is 3.45. The minimum Gasteiger partial charge on any atom is -0.493 e. The molecule has 1 amide bonds. The van der Waals surface area contributed by atoms with Crippen molar-refractivity contribution in [3.05, 3.63) is 27.7 Å². The predicted octanol–water partition coefficient (Wildman–Crippen LogP) is 0.959. The van der Waals surface area contributed by atoms with Gasteiger partial charge in [0.15, 0.2) is 0 Å². The van der Waals surface area contributed by atoms with Gasteiger partial charge >= 0.3 is 0 Å². The second kappa shape index (κ2) is 4.84. The fraction of sp³-hybridized carbons (Fsp3) is 0.364. The highest BCUT2D eigenvalue weighted by Gasteiger charge is 2.17. The highest BCUT2D eigenvalue weighted by Crippen LogP contribution is 2.32. The van der Waals surface area contributed by atoms with Crippen molar-refractivity contribution >= 4 is 21.8 Å². The normalized spacial score (nSPS) is 13.1. The molecule has 0 aromatic heterocycles. The highest BCUT2D eigenvalue weighted by atomic mass is 79.9. The van der Waals surface area contributed by atoms with Gasteiger partial charge in [-0.1, -0.05) is 15.9 Å². The Kier molecular flexibility index (Phi) is 3.46. The van der Waals surface area contributed by atoms with Crippen molar-refractivity contribution in [3.63, 3.8) is 0 Å². The van der Waals surface area contributed by atoms with E-state index in [9.17, 15) is 4.79 Å². The van der Waals surface area contributed by atoms with E-state index in [4.69, 9.17) is 10.5 Å². The maximum absolute atomic E-state index is 11.1. The van der Waals surface area contributed by atoms with Gasteiger partial charge in [0.2, 0.25) is 5.91 Å². The average Bonchev–Trinajstić information content (AvgIpc) is 2.73. The molecule has 3 N–H and O–H groups in total. The predicted molar refractivity (Wildman–Crippen MR) is 64.2 cm³/mol. The molecule has 0 bridgehead atoms. The molecule has 0 radical (unpaired) electrons. The van der Waals surface area contributed by atoms with Gasteiger partial charge in [0.25, 0.3) is 0 Å². The molecule has 16 heavy (non-hydrogen) atoms. The molecule has 1 aliphatic rings. The van der Waals surface area contributed by atoms with E-state index in [-0.39, 0.29) is 12.5 Å². The second-order valence-corrected chi connectivity index (χ2v) is 4.55. The van der Waals surface area contributed by atoms with Crippen LogP contribution in [0.1, 0.15) is 11.1 Å². The van der Waals surface area contributed by atoms with Gasteiger partial charge in [-0.25, -0.2) is 0 Å². The highest BCUT2D eigenvalue weighted by molar-refractivity contribution is 9.10. The van der Waals surface area contributed by atoms with Crippen molar-refractivity contribution in [3.8, 4) is 5.75 Å². The molecule has 1 aliphatic heterocycles. The van der Waals surface area contributed by atoms with Crippen molar-refractivity contribution < 1.29 is 9.53 Å². The van der Waals surface area contributed by atoms with Crippen LogP contribution in [0, 0.1) is 0 Å². The van der Waals surface area contributed by atoms with Crippen LogP contribution in [-0.2, 0) is 17.8 Å². The zero-order valence-corrected chi connectivity index (χ0v) is 10.3. The Morgan fingerprint density at radius 3 is 3.12 bits per heavy atom. The summed E-state index contributed by atoms with van der Waals surface area (Å²) in [6, 6.07) is 4.01. The van der Waals surface area contributed by atoms with Gasteiger partial charge in [-0.2, -0.15) is 0 Å². The topological polar surface area (TPSA) is 64.4 Å². The van der Waals surface area contributed by atoms with Crippen LogP contribution in [0.5, 0.6) is 5.75 Å². The van der Waals surface area contributed by atoms with E-state index in [1.54, 1.807) is 0 Å². The molecule has 1 aromatic rings. The van der Waals surface area contributed by atoms with Gasteiger partial charge in [0.1, 0.15) is 5.75 Å². The van der Waals surface area contributed by atoms with Crippen LogP contribution in [0.3, 0.4) is 0 Å². The summed E-state index contributed by atoms with van der Waals surface area (Å²) in [4.78, 5) is 11.1. The molecule has 0 saturated carbocycles. The first-order chi connectivity index (χ1) is 7.70. The number of benzene rings is 1. The SMILES string of the molecule is NCC(=O)NCc1cc(Br)cc2c1OCC2. The number of halogens is 1. The van der Waals surface area contributed by atoms with E-state index < -0.39 is 0 Å². The molecular formula is C11H13BrN2O2. The number of fused-ring (bicyclic) bond motifs is 1. The largest absolute Gasteiger partial charge is 0.493 e. The number of ether oxygens (including phenoxy) is 1. The van der Waals surface area contributed by atoms with Gasteiger partial charge in [0.05, 0.1) is 13.2 Å². The number of carbonyl (C=O) groups is 1. The smallest absolute Gasteiger partial charge is 0.234 e. The summed E-state index contributed by atoms with van der Waals surface area (Å²) in [6.07, 6.45) is 0.923. The van der Waals surface area contributed by atoms with E-state index in [0.29, 0.717) is 13.2 Å². The lowest BCUT2D eigenvalue weighted by Crippen LogP contribution is -2.29. The van der Waals surface area contributed by atoms with Gasteiger partial charge in [0, 0.05) is 23.0 Å². The zero-order valence-electron chi connectivity index (χ0n) is 8.75. The molecule has 86 valence electrons. The van der Waals surface area contributed by atoms with Crippen molar-refractivity contribution in [2.75, 3.05) is 13.2 Å². The van der Waals surface area contributed by atoms with Crippen molar-refractivity contribution in [2.24, 2.45) is 5.73 Å². The number of hydrogen-bond donors (Lipinski definition) is 2. The third kappa shape index (κ3) is 2.36. The lowest BCUT2D eigenvalue weighted by Gasteiger charge is -2.09. The Bertz CT molecular complexity index is 421. The first-order valence-corrected chi connectivity index (χ1v) is 5.91. The van der Waals surface area contributed by atoms with Gasteiger partial charge in [-0.3, -0.25) is 4.79 Å². The Labute approximate surface area is 102 Å². The minimum atomic E-state index is -0.160. The Hall–Kier alpha value is -1.07. The van der Waals surface area contributed by atoms with E-state index in [1.807, 2.05) is 6.07 Å². The van der Waals surface area contributed by atoms with E-state index >= 15 is 0 Å². The van der Waals surface area contributed by atoms with Crippen LogP contribution in [0.25, 0.3) is 0 Å². The van der Waals surface area contributed by atoms with Crippen LogP contribution < -0.4 is 15.8 Å². The third-order valence-corrected chi connectivity index (χ3v) is 2.94. The van der Waals surface area contributed by atoms with Crippen LogP contribution in [0.15, 0.2) is 16.6 Å². The number of nitrogens with one attached hydrogen (secondary N) is 1. The van der Waals surface area contributed by atoms with E-state index in [0.717, 1.165) is 22.2 Å². The molecule has 5 heteroatoms. The molecule has 0 fully saturated rings. The maximum atomic E-state index is 11.1. The quantitative estimate of drug-likeness (QED) is 0.869. The molecule has 0 spiro atoms. The summed E-state index contributed by atoms with van der Waals surface area (Å²) in [7, 11) is 0. The standard InChI is InChI=1S/C11H13BrN2O2/c12-9-3-7-1-2-16-11(7)8(4-9)6-14-10(15)5-13/h3-4H,1-2,5-6,13H2,(H,14,15). The van der Waals surface area contributed by atoms with Gasteiger partial charge in [-0.05, 0) is 17.7 Å². The Balaban J connectivity index is 2.17. The fourth-order valence-corrected chi connectivity index (χ4v) is 2.30. The van der Waals surface area contributed by atoms with Crippen LogP contribution >= 0.6 is 15.9 Å². The molecule has 1 aromatic carbocycles. The van der Waals surface area contributed by atoms with Crippen LogP contribution in [0.2, 0.25) is 0 Å². The molecule has 0 aliphatic carbocycles. The lowest BCUT2D eigenvalue weighted by atomic mass is 10.1. The van der Waals surface area contributed by atoms with Crippen molar-refractivity contribution in [1.82, 2.24) is 5.32 Å². The summed E-state index contributed by atoms with van der Waals surface area (Å²) in [5, 5.41) is 2.74. The molecule has 0 atom stereocenters.